The van der Waals surface area contributed by atoms with Crippen molar-refractivity contribution < 1.29 is 13.9 Å². The molecule has 1 aliphatic rings. The standard InChI is InChI=1S/C14H20FNO2/c1-2-16-9-11-6-12(15)8-14(7-11)18-13-4-3-5-17-10-13/h6-8,13,16H,2-5,9-10H2,1H3. The van der Waals surface area contributed by atoms with Crippen LogP contribution in [-0.4, -0.2) is 25.9 Å². The average molecular weight is 253 g/mol. The molecule has 100 valence electrons. The van der Waals surface area contributed by atoms with Gasteiger partial charge in [0.15, 0.2) is 0 Å². The van der Waals surface area contributed by atoms with Crippen LogP contribution in [-0.2, 0) is 11.3 Å². The van der Waals surface area contributed by atoms with Gasteiger partial charge in [-0.2, -0.15) is 0 Å². The van der Waals surface area contributed by atoms with Crippen LogP contribution >= 0.6 is 0 Å². The van der Waals surface area contributed by atoms with E-state index in [-0.39, 0.29) is 11.9 Å². The minimum Gasteiger partial charge on any atom is -0.488 e. The summed E-state index contributed by atoms with van der Waals surface area (Å²) in [7, 11) is 0. The van der Waals surface area contributed by atoms with Crippen LogP contribution < -0.4 is 10.1 Å². The second-order valence-corrected chi connectivity index (χ2v) is 4.53. The number of hydrogen-bond donors (Lipinski definition) is 1. The summed E-state index contributed by atoms with van der Waals surface area (Å²) in [5.74, 6) is 0.343. The summed E-state index contributed by atoms with van der Waals surface area (Å²) in [6.07, 6.45) is 2.02. The van der Waals surface area contributed by atoms with E-state index in [0.29, 0.717) is 18.9 Å². The lowest BCUT2D eigenvalue weighted by Gasteiger charge is -2.23. The van der Waals surface area contributed by atoms with Crippen molar-refractivity contribution in [2.45, 2.75) is 32.4 Å². The molecule has 0 radical (unpaired) electrons. The summed E-state index contributed by atoms with van der Waals surface area (Å²) in [5, 5.41) is 3.18. The van der Waals surface area contributed by atoms with Gasteiger partial charge in [-0.25, -0.2) is 4.39 Å². The van der Waals surface area contributed by atoms with Gasteiger partial charge < -0.3 is 14.8 Å². The van der Waals surface area contributed by atoms with E-state index >= 15 is 0 Å². The predicted octanol–water partition coefficient (Wildman–Crippen LogP) is 2.49. The molecule has 0 amide bonds. The van der Waals surface area contributed by atoms with Gasteiger partial charge in [0.05, 0.1) is 6.61 Å². The lowest BCUT2D eigenvalue weighted by Crippen LogP contribution is -2.28. The van der Waals surface area contributed by atoms with E-state index in [9.17, 15) is 4.39 Å². The Labute approximate surface area is 107 Å². The summed E-state index contributed by atoms with van der Waals surface area (Å²) >= 11 is 0. The Hall–Kier alpha value is -1.13. The van der Waals surface area contributed by atoms with Crippen molar-refractivity contribution in [1.82, 2.24) is 5.32 Å². The van der Waals surface area contributed by atoms with Gasteiger partial charge in [0.25, 0.3) is 0 Å². The smallest absolute Gasteiger partial charge is 0.127 e. The van der Waals surface area contributed by atoms with Gasteiger partial charge in [0.2, 0.25) is 0 Å². The Morgan fingerprint density at radius 1 is 1.44 bits per heavy atom. The van der Waals surface area contributed by atoms with Crippen molar-refractivity contribution in [1.29, 1.82) is 0 Å². The van der Waals surface area contributed by atoms with Crippen molar-refractivity contribution in [2.75, 3.05) is 19.8 Å². The molecular weight excluding hydrogens is 233 g/mol. The molecule has 1 aliphatic heterocycles. The molecule has 1 aromatic rings. The van der Waals surface area contributed by atoms with Gasteiger partial charge in [0.1, 0.15) is 17.7 Å². The minimum atomic E-state index is -0.253. The van der Waals surface area contributed by atoms with Gasteiger partial charge in [-0.15, -0.1) is 0 Å². The quantitative estimate of drug-likeness (QED) is 0.874. The molecule has 0 saturated carbocycles. The predicted molar refractivity (Wildman–Crippen MR) is 68.2 cm³/mol. The molecule has 1 fully saturated rings. The highest BCUT2D eigenvalue weighted by atomic mass is 19.1. The zero-order valence-electron chi connectivity index (χ0n) is 10.7. The van der Waals surface area contributed by atoms with Crippen LogP contribution in [0.15, 0.2) is 18.2 Å². The first kappa shape index (κ1) is 13.3. The normalized spacial score (nSPS) is 19.8. The number of ether oxygens (including phenoxy) is 2. The zero-order chi connectivity index (χ0) is 12.8. The van der Waals surface area contributed by atoms with Crippen molar-refractivity contribution in [3.8, 4) is 5.75 Å². The highest BCUT2D eigenvalue weighted by Gasteiger charge is 2.15. The number of benzene rings is 1. The van der Waals surface area contributed by atoms with E-state index in [0.717, 1.165) is 31.6 Å². The summed E-state index contributed by atoms with van der Waals surface area (Å²) in [4.78, 5) is 0. The fraction of sp³-hybridized carbons (Fsp3) is 0.571. The van der Waals surface area contributed by atoms with Crippen LogP contribution in [0.25, 0.3) is 0 Å². The second-order valence-electron chi connectivity index (χ2n) is 4.53. The lowest BCUT2D eigenvalue weighted by molar-refractivity contribution is 0.00728. The maximum Gasteiger partial charge on any atom is 0.127 e. The van der Waals surface area contributed by atoms with E-state index in [1.54, 1.807) is 0 Å². The molecule has 1 saturated heterocycles. The largest absolute Gasteiger partial charge is 0.488 e. The number of rotatable bonds is 5. The molecule has 0 bridgehead atoms. The van der Waals surface area contributed by atoms with E-state index in [2.05, 4.69) is 5.32 Å². The molecule has 18 heavy (non-hydrogen) atoms. The topological polar surface area (TPSA) is 30.5 Å². The first-order valence-electron chi connectivity index (χ1n) is 6.52. The maximum absolute atomic E-state index is 13.5. The first-order chi connectivity index (χ1) is 8.78. The molecule has 0 spiro atoms. The van der Waals surface area contributed by atoms with Crippen molar-refractivity contribution in [2.24, 2.45) is 0 Å². The summed E-state index contributed by atoms with van der Waals surface area (Å²) in [6.45, 7) is 4.94. The second kappa shape index (κ2) is 6.71. The first-order valence-corrected chi connectivity index (χ1v) is 6.52. The molecule has 1 unspecified atom stereocenters. The van der Waals surface area contributed by atoms with Gasteiger partial charge in [0, 0.05) is 19.2 Å². The molecule has 1 heterocycles. The third-order valence-electron chi connectivity index (χ3n) is 2.93. The van der Waals surface area contributed by atoms with Gasteiger partial charge in [-0.1, -0.05) is 6.92 Å². The maximum atomic E-state index is 13.5. The van der Waals surface area contributed by atoms with Crippen LogP contribution in [0.3, 0.4) is 0 Å². The van der Waals surface area contributed by atoms with E-state index in [1.165, 1.54) is 12.1 Å². The summed E-state index contributed by atoms with van der Waals surface area (Å²) < 4.78 is 24.6. The fourth-order valence-corrected chi connectivity index (χ4v) is 2.06. The number of halogens is 1. The van der Waals surface area contributed by atoms with E-state index in [4.69, 9.17) is 9.47 Å². The lowest BCUT2D eigenvalue weighted by atomic mass is 10.1. The van der Waals surface area contributed by atoms with Crippen LogP contribution in [0.5, 0.6) is 5.75 Å². The highest BCUT2D eigenvalue weighted by Crippen LogP contribution is 2.20. The van der Waals surface area contributed by atoms with E-state index in [1.807, 2.05) is 13.0 Å². The minimum absolute atomic E-state index is 0.0486. The molecule has 1 atom stereocenters. The third-order valence-corrected chi connectivity index (χ3v) is 2.93. The van der Waals surface area contributed by atoms with Crippen molar-refractivity contribution >= 4 is 0 Å². The summed E-state index contributed by atoms with van der Waals surface area (Å²) in [5.41, 5.74) is 0.906. The molecule has 1 N–H and O–H groups in total. The average Bonchev–Trinajstić information content (AvgIpc) is 2.37. The van der Waals surface area contributed by atoms with Crippen LogP contribution in [0.4, 0.5) is 4.39 Å². The molecule has 3 nitrogen and oxygen atoms in total. The zero-order valence-corrected chi connectivity index (χ0v) is 10.7. The number of hydrogen-bond acceptors (Lipinski definition) is 3. The van der Waals surface area contributed by atoms with Gasteiger partial charge in [-0.05, 0) is 37.1 Å². The Kier molecular flexibility index (Phi) is 4.96. The SMILES string of the molecule is CCNCc1cc(F)cc(OC2CCCOC2)c1. The van der Waals surface area contributed by atoms with Crippen molar-refractivity contribution in [3.05, 3.63) is 29.6 Å². The summed E-state index contributed by atoms with van der Waals surface area (Å²) in [6, 6.07) is 4.86. The monoisotopic (exact) mass is 253 g/mol. The third kappa shape index (κ3) is 3.96. The van der Waals surface area contributed by atoms with Crippen LogP contribution in [0.2, 0.25) is 0 Å². The van der Waals surface area contributed by atoms with Crippen LogP contribution in [0.1, 0.15) is 25.3 Å². The fourth-order valence-electron chi connectivity index (χ4n) is 2.06. The van der Waals surface area contributed by atoms with Crippen LogP contribution in [0, 0.1) is 5.82 Å². The van der Waals surface area contributed by atoms with Crippen molar-refractivity contribution in [3.63, 3.8) is 0 Å². The van der Waals surface area contributed by atoms with E-state index < -0.39 is 0 Å². The van der Waals surface area contributed by atoms with Gasteiger partial charge in [-0.3, -0.25) is 0 Å². The Balaban J connectivity index is 1.99. The Morgan fingerprint density at radius 3 is 3.06 bits per heavy atom. The van der Waals surface area contributed by atoms with Gasteiger partial charge >= 0.3 is 0 Å². The molecule has 0 aliphatic carbocycles. The molecule has 0 aromatic heterocycles. The molecule has 1 aromatic carbocycles. The Morgan fingerprint density at radius 2 is 2.33 bits per heavy atom. The molecule has 4 heteroatoms. The molecular formula is C14H20FNO2. The molecule has 2 rings (SSSR count). The number of nitrogens with one attached hydrogen (secondary N) is 1. The Bertz CT molecular complexity index is 378. The highest BCUT2D eigenvalue weighted by molar-refractivity contribution is 5.29.